The zero-order chi connectivity index (χ0) is 20.3. The van der Waals surface area contributed by atoms with Gasteiger partial charge in [-0.05, 0) is 30.3 Å². The molecule has 0 fully saturated rings. The van der Waals surface area contributed by atoms with Crippen molar-refractivity contribution in [1.82, 2.24) is 4.98 Å². The van der Waals surface area contributed by atoms with E-state index >= 15 is 0 Å². The number of nitrogens with zero attached hydrogens (tertiary/aromatic N) is 3. The molecule has 28 heavy (non-hydrogen) atoms. The molecule has 2 aromatic carbocycles. The number of aliphatic imine (C=N–C) groups is 1. The molecule has 0 unspecified atom stereocenters. The van der Waals surface area contributed by atoms with Crippen LogP contribution < -0.4 is 4.72 Å². The normalized spacial score (nSPS) is 11.6. The number of anilines is 1. The minimum absolute atomic E-state index is 0.0302. The fourth-order valence-electron chi connectivity index (χ4n) is 2.15. The van der Waals surface area contributed by atoms with Crippen molar-refractivity contribution in [3.05, 3.63) is 68.1 Å². The molecule has 0 radical (unpaired) electrons. The smallest absolute Gasteiger partial charge is 0.312 e. The predicted molar refractivity (Wildman–Crippen MR) is 109 cm³/mol. The maximum Gasteiger partial charge on any atom is 0.312 e. The molecule has 0 bridgehead atoms. The second-order valence-electron chi connectivity index (χ2n) is 5.31. The summed E-state index contributed by atoms with van der Waals surface area (Å²) < 4.78 is 27.3. The van der Waals surface area contributed by atoms with Crippen LogP contribution in [0.5, 0.6) is 5.75 Å². The fraction of sp³-hybridized carbons (Fsp3) is 0. The lowest BCUT2D eigenvalue weighted by Gasteiger charge is -2.05. The number of phenolic OH excluding ortho intramolecular Hbond substituents is 1. The first-order chi connectivity index (χ1) is 13.3. The van der Waals surface area contributed by atoms with E-state index in [1.165, 1.54) is 48.8 Å². The average Bonchev–Trinajstić information content (AvgIpc) is 3.14. The molecule has 12 heteroatoms. The monoisotopic (exact) mass is 482 g/mol. The van der Waals surface area contributed by atoms with Gasteiger partial charge in [0, 0.05) is 33.9 Å². The van der Waals surface area contributed by atoms with Gasteiger partial charge in [-0.15, -0.1) is 11.3 Å². The number of thiazole rings is 1. The van der Waals surface area contributed by atoms with Gasteiger partial charge in [-0.2, -0.15) is 0 Å². The number of rotatable bonds is 6. The summed E-state index contributed by atoms with van der Waals surface area (Å²) in [6, 6.07) is 8.33. The Morgan fingerprint density at radius 1 is 1.29 bits per heavy atom. The van der Waals surface area contributed by atoms with E-state index in [2.05, 4.69) is 30.6 Å². The fourth-order valence-corrected chi connectivity index (χ4v) is 4.40. The zero-order valence-corrected chi connectivity index (χ0v) is 17.0. The van der Waals surface area contributed by atoms with E-state index in [9.17, 15) is 23.6 Å². The number of phenols is 1. The van der Waals surface area contributed by atoms with Crippen LogP contribution in [0.2, 0.25) is 0 Å². The Labute approximate surface area is 171 Å². The lowest BCUT2D eigenvalue weighted by atomic mass is 10.2. The first-order valence-corrected chi connectivity index (χ1v) is 10.7. The maximum atomic E-state index is 12.3. The number of hydrogen-bond acceptors (Lipinski definition) is 8. The Kier molecular flexibility index (Phi) is 5.72. The van der Waals surface area contributed by atoms with Crippen LogP contribution in [0.3, 0.4) is 0 Å². The summed E-state index contributed by atoms with van der Waals surface area (Å²) in [7, 11) is -3.77. The molecule has 0 spiro atoms. The van der Waals surface area contributed by atoms with Crippen LogP contribution >= 0.6 is 27.3 Å². The summed E-state index contributed by atoms with van der Waals surface area (Å²) in [5, 5.41) is 22.9. The van der Waals surface area contributed by atoms with Gasteiger partial charge in [-0.1, -0.05) is 15.9 Å². The zero-order valence-electron chi connectivity index (χ0n) is 13.8. The number of benzene rings is 2. The summed E-state index contributed by atoms with van der Waals surface area (Å²) in [6.45, 7) is 0. The van der Waals surface area contributed by atoms with E-state index in [4.69, 9.17) is 0 Å². The first-order valence-electron chi connectivity index (χ1n) is 7.49. The Morgan fingerprint density at radius 2 is 2.00 bits per heavy atom. The van der Waals surface area contributed by atoms with E-state index in [1.807, 2.05) is 0 Å². The number of aromatic nitrogens is 1. The molecule has 1 aromatic heterocycles. The van der Waals surface area contributed by atoms with Crippen LogP contribution in [0.25, 0.3) is 0 Å². The molecule has 0 aliphatic heterocycles. The number of hydrogen-bond donors (Lipinski definition) is 2. The third-order valence-electron chi connectivity index (χ3n) is 3.43. The van der Waals surface area contributed by atoms with Gasteiger partial charge in [0.15, 0.2) is 5.13 Å². The van der Waals surface area contributed by atoms with E-state index in [0.29, 0.717) is 10.2 Å². The molecular formula is C16H11BrN4O5S2. The molecule has 0 saturated carbocycles. The van der Waals surface area contributed by atoms with Gasteiger partial charge in [0.25, 0.3) is 10.0 Å². The van der Waals surface area contributed by atoms with Gasteiger partial charge in [0.1, 0.15) is 0 Å². The van der Waals surface area contributed by atoms with Crippen LogP contribution in [0.4, 0.5) is 16.5 Å². The van der Waals surface area contributed by atoms with E-state index < -0.39 is 26.4 Å². The van der Waals surface area contributed by atoms with E-state index in [-0.39, 0.29) is 15.6 Å². The highest BCUT2D eigenvalue weighted by Crippen LogP contribution is 2.32. The highest BCUT2D eigenvalue weighted by Gasteiger charge is 2.18. The molecule has 0 amide bonds. The first kappa shape index (κ1) is 19.9. The van der Waals surface area contributed by atoms with Crippen molar-refractivity contribution >= 4 is 60.0 Å². The second kappa shape index (κ2) is 8.04. The minimum atomic E-state index is -3.77. The van der Waals surface area contributed by atoms with Crippen molar-refractivity contribution < 1.29 is 18.4 Å². The van der Waals surface area contributed by atoms with Crippen molar-refractivity contribution in [2.75, 3.05) is 4.72 Å². The molecule has 0 saturated heterocycles. The molecule has 9 nitrogen and oxygen atoms in total. The van der Waals surface area contributed by atoms with Gasteiger partial charge in [0.05, 0.1) is 15.5 Å². The van der Waals surface area contributed by atoms with Crippen molar-refractivity contribution in [2.24, 2.45) is 4.99 Å². The van der Waals surface area contributed by atoms with E-state index in [1.54, 1.807) is 5.38 Å². The van der Waals surface area contributed by atoms with Crippen molar-refractivity contribution in [1.29, 1.82) is 0 Å². The number of aromatic hydroxyl groups is 1. The van der Waals surface area contributed by atoms with Gasteiger partial charge in [-0.25, -0.2) is 13.4 Å². The number of halogens is 1. The number of sulfonamides is 1. The molecule has 144 valence electrons. The lowest BCUT2D eigenvalue weighted by Crippen LogP contribution is -2.12. The number of nitro groups is 1. The SMILES string of the molecule is O=[N+]([O-])c1cc(Br)cc(/C=N/c2ccc(S(=O)(=O)Nc3nccs3)cc2)c1O. The van der Waals surface area contributed by atoms with Crippen LogP contribution in [0.15, 0.2) is 62.3 Å². The Balaban J connectivity index is 1.82. The minimum Gasteiger partial charge on any atom is -0.502 e. The molecule has 3 aromatic rings. The van der Waals surface area contributed by atoms with Crippen molar-refractivity contribution in [2.45, 2.75) is 4.90 Å². The summed E-state index contributed by atoms with van der Waals surface area (Å²) in [4.78, 5) is 18.3. The third kappa shape index (κ3) is 4.52. The highest BCUT2D eigenvalue weighted by atomic mass is 79.9. The largest absolute Gasteiger partial charge is 0.502 e. The molecule has 3 rings (SSSR count). The topological polar surface area (TPSA) is 135 Å². The molecule has 0 aliphatic rings. The van der Waals surface area contributed by atoms with Gasteiger partial charge in [-0.3, -0.25) is 19.8 Å². The molecule has 2 N–H and O–H groups in total. The molecule has 0 aliphatic carbocycles. The Hall–Kier alpha value is -2.83. The summed E-state index contributed by atoms with van der Waals surface area (Å²) >= 11 is 4.30. The predicted octanol–water partition coefficient (Wildman–Crippen LogP) is 4.07. The van der Waals surface area contributed by atoms with Crippen molar-refractivity contribution in [3.8, 4) is 5.75 Å². The van der Waals surface area contributed by atoms with Crippen molar-refractivity contribution in [3.63, 3.8) is 0 Å². The maximum absolute atomic E-state index is 12.3. The average molecular weight is 483 g/mol. The second-order valence-corrected chi connectivity index (χ2v) is 8.81. The molecular weight excluding hydrogens is 472 g/mol. The van der Waals surface area contributed by atoms with Gasteiger partial charge in [0.2, 0.25) is 5.75 Å². The Bertz CT molecular complexity index is 1150. The number of nitro benzene ring substituents is 1. The highest BCUT2D eigenvalue weighted by molar-refractivity contribution is 9.10. The molecule has 0 atom stereocenters. The van der Waals surface area contributed by atoms with Crippen LogP contribution in [0.1, 0.15) is 5.56 Å². The third-order valence-corrected chi connectivity index (χ3v) is 6.06. The summed E-state index contributed by atoms with van der Waals surface area (Å²) in [5.74, 6) is -0.510. The van der Waals surface area contributed by atoms with Crippen LogP contribution in [-0.2, 0) is 10.0 Å². The lowest BCUT2D eigenvalue weighted by molar-refractivity contribution is -0.385. The quantitative estimate of drug-likeness (QED) is 0.308. The standard InChI is InChI=1S/C16H11BrN4O5S2/c17-11-7-10(15(22)14(8-11)21(23)24)9-19-12-1-3-13(4-2-12)28(25,26)20-16-18-5-6-27-16/h1-9,22H,(H,18,20)/b19-9+. The van der Waals surface area contributed by atoms with Crippen LogP contribution in [-0.4, -0.2) is 29.6 Å². The van der Waals surface area contributed by atoms with Crippen LogP contribution in [0, 0.1) is 10.1 Å². The molecule has 1 heterocycles. The van der Waals surface area contributed by atoms with Gasteiger partial charge >= 0.3 is 5.69 Å². The Morgan fingerprint density at radius 3 is 2.61 bits per heavy atom. The summed E-state index contributed by atoms with van der Waals surface area (Å²) in [6.07, 6.45) is 2.74. The number of nitrogens with one attached hydrogen (secondary N) is 1. The van der Waals surface area contributed by atoms with E-state index in [0.717, 1.165) is 11.3 Å². The van der Waals surface area contributed by atoms with Gasteiger partial charge < -0.3 is 5.11 Å². The summed E-state index contributed by atoms with van der Waals surface area (Å²) in [5.41, 5.74) is 0.0870.